The maximum Gasteiger partial charge on any atom is 0.263 e. The highest BCUT2D eigenvalue weighted by atomic mass is 19.3. The van der Waals surface area contributed by atoms with Crippen LogP contribution in [0.4, 0.5) is 8.78 Å². The lowest BCUT2D eigenvalue weighted by atomic mass is 9.90. The van der Waals surface area contributed by atoms with E-state index in [1.807, 2.05) is 0 Å². The van der Waals surface area contributed by atoms with Gasteiger partial charge in [0.15, 0.2) is 0 Å². The van der Waals surface area contributed by atoms with Gasteiger partial charge < -0.3 is 5.73 Å². The molecule has 2 rings (SSSR count). The molecule has 0 amide bonds. The van der Waals surface area contributed by atoms with E-state index in [2.05, 4.69) is 11.8 Å². The van der Waals surface area contributed by atoms with E-state index in [1.54, 1.807) is 12.1 Å². The number of hydrogen-bond acceptors (Lipinski definition) is 2. The molecule has 0 radical (unpaired) electrons. The van der Waals surface area contributed by atoms with E-state index in [4.69, 9.17) is 5.73 Å². The molecule has 2 atom stereocenters. The molecule has 2 unspecified atom stereocenters. The Morgan fingerprint density at radius 1 is 1.33 bits per heavy atom. The fraction of sp³-hybridized carbons (Fsp3) is 0.571. The third-order valence-electron chi connectivity index (χ3n) is 3.72. The third kappa shape index (κ3) is 2.70. The van der Waals surface area contributed by atoms with Crippen molar-refractivity contribution < 1.29 is 8.78 Å². The second-order valence-electron chi connectivity index (χ2n) is 4.85. The van der Waals surface area contributed by atoms with Crippen molar-refractivity contribution in [2.24, 2.45) is 5.73 Å². The van der Waals surface area contributed by atoms with Gasteiger partial charge in [-0.15, -0.1) is 0 Å². The molecule has 0 aromatic heterocycles. The molecule has 1 aromatic carbocycles. The third-order valence-corrected chi connectivity index (χ3v) is 3.72. The number of likely N-dealkylation sites (tertiary alicyclic amines) is 1. The molecule has 1 aliphatic rings. The quantitative estimate of drug-likeness (QED) is 0.898. The van der Waals surface area contributed by atoms with Crippen LogP contribution in [-0.2, 0) is 0 Å². The van der Waals surface area contributed by atoms with Crippen molar-refractivity contribution >= 4 is 0 Å². The molecular formula is C14H20F2N2. The van der Waals surface area contributed by atoms with Crippen LogP contribution in [-0.4, -0.2) is 24.0 Å². The van der Waals surface area contributed by atoms with Crippen LogP contribution >= 0.6 is 0 Å². The Kier molecular flexibility index (Phi) is 4.30. The molecule has 2 N–H and O–H groups in total. The molecule has 1 aliphatic heterocycles. The number of halogens is 2. The minimum absolute atomic E-state index is 0.0752. The zero-order chi connectivity index (χ0) is 13.1. The summed E-state index contributed by atoms with van der Waals surface area (Å²) in [5.74, 6) is 0. The summed E-state index contributed by atoms with van der Waals surface area (Å²) in [4.78, 5) is 2.32. The fourth-order valence-corrected chi connectivity index (χ4v) is 2.75. The van der Waals surface area contributed by atoms with Gasteiger partial charge in [0, 0.05) is 17.6 Å². The van der Waals surface area contributed by atoms with Crippen molar-refractivity contribution in [3.63, 3.8) is 0 Å². The number of alkyl halides is 2. The SMILES string of the molecule is CCN1CCCC(N)C1c1ccc(C(F)F)cc1. The van der Waals surface area contributed by atoms with Crippen LogP contribution in [0.2, 0.25) is 0 Å². The Bertz CT molecular complexity index is 378. The van der Waals surface area contributed by atoms with Crippen LogP contribution in [0.15, 0.2) is 24.3 Å². The molecule has 1 fully saturated rings. The minimum Gasteiger partial charge on any atom is -0.326 e. The zero-order valence-electron chi connectivity index (χ0n) is 10.7. The normalized spacial score (nSPS) is 25.6. The Balaban J connectivity index is 2.22. The first-order valence-electron chi connectivity index (χ1n) is 6.51. The number of nitrogens with two attached hydrogens (primary N) is 1. The second-order valence-corrected chi connectivity index (χ2v) is 4.85. The van der Waals surface area contributed by atoms with Gasteiger partial charge in [-0.25, -0.2) is 8.78 Å². The highest BCUT2D eigenvalue weighted by Crippen LogP contribution is 2.31. The fourth-order valence-electron chi connectivity index (χ4n) is 2.75. The first kappa shape index (κ1) is 13.4. The van der Waals surface area contributed by atoms with Gasteiger partial charge in [-0.2, -0.15) is 0 Å². The predicted molar refractivity (Wildman–Crippen MR) is 68.6 cm³/mol. The van der Waals surface area contributed by atoms with Crippen molar-refractivity contribution in [3.05, 3.63) is 35.4 Å². The number of rotatable bonds is 3. The lowest BCUT2D eigenvalue weighted by Crippen LogP contribution is -2.45. The average molecular weight is 254 g/mol. The smallest absolute Gasteiger partial charge is 0.263 e. The number of piperidine rings is 1. The molecule has 18 heavy (non-hydrogen) atoms. The van der Waals surface area contributed by atoms with Gasteiger partial charge in [-0.3, -0.25) is 4.90 Å². The van der Waals surface area contributed by atoms with Crippen molar-refractivity contribution in [1.82, 2.24) is 4.90 Å². The molecule has 1 saturated heterocycles. The molecule has 4 heteroatoms. The first-order chi connectivity index (χ1) is 8.63. The topological polar surface area (TPSA) is 29.3 Å². The van der Waals surface area contributed by atoms with Crippen molar-refractivity contribution in [3.8, 4) is 0 Å². The van der Waals surface area contributed by atoms with Crippen molar-refractivity contribution in [1.29, 1.82) is 0 Å². The summed E-state index contributed by atoms with van der Waals surface area (Å²) in [6, 6.07) is 6.86. The Morgan fingerprint density at radius 2 is 2.00 bits per heavy atom. The molecule has 0 spiro atoms. The zero-order valence-corrected chi connectivity index (χ0v) is 10.7. The number of benzene rings is 1. The minimum atomic E-state index is -2.40. The molecule has 0 aliphatic carbocycles. The molecule has 2 nitrogen and oxygen atoms in total. The second kappa shape index (κ2) is 5.76. The summed E-state index contributed by atoms with van der Waals surface area (Å²) in [7, 11) is 0. The predicted octanol–water partition coefficient (Wildman–Crippen LogP) is 3.11. The van der Waals surface area contributed by atoms with E-state index in [9.17, 15) is 8.78 Å². The van der Waals surface area contributed by atoms with Crippen LogP contribution in [0.5, 0.6) is 0 Å². The molecule has 1 heterocycles. The van der Waals surface area contributed by atoms with Crippen LogP contribution in [0.3, 0.4) is 0 Å². The summed E-state index contributed by atoms with van der Waals surface area (Å²) < 4.78 is 25.1. The maximum atomic E-state index is 12.5. The van der Waals surface area contributed by atoms with Gasteiger partial charge >= 0.3 is 0 Å². The molecule has 100 valence electrons. The van der Waals surface area contributed by atoms with Crippen LogP contribution in [0.1, 0.15) is 43.4 Å². The molecular weight excluding hydrogens is 234 g/mol. The van der Waals surface area contributed by atoms with Crippen LogP contribution < -0.4 is 5.73 Å². The Morgan fingerprint density at radius 3 is 2.56 bits per heavy atom. The summed E-state index contributed by atoms with van der Waals surface area (Å²) in [5, 5.41) is 0. The lowest BCUT2D eigenvalue weighted by Gasteiger charge is -2.39. The maximum absolute atomic E-state index is 12.5. The largest absolute Gasteiger partial charge is 0.326 e. The van der Waals surface area contributed by atoms with E-state index in [-0.39, 0.29) is 17.6 Å². The van der Waals surface area contributed by atoms with Crippen LogP contribution in [0.25, 0.3) is 0 Å². The van der Waals surface area contributed by atoms with E-state index in [1.165, 1.54) is 12.1 Å². The van der Waals surface area contributed by atoms with E-state index >= 15 is 0 Å². The number of nitrogens with zero attached hydrogens (tertiary/aromatic N) is 1. The van der Waals surface area contributed by atoms with Crippen molar-refractivity contribution in [2.45, 2.75) is 38.3 Å². The van der Waals surface area contributed by atoms with Gasteiger partial charge in [-0.1, -0.05) is 31.2 Å². The summed E-state index contributed by atoms with van der Waals surface area (Å²) in [6.07, 6.45) is -0.292. The standard InChI is InChI=1S/C14H20F2N2/c1-2-18-9-3-4-12(17)13(18)10-5-7-11(8-6-10)14(15)16/h5-8,12-14H,2-4,9,17H2,1H3. The van der Waals surface area contributed by atoms with E-state index < -0.39 is 6.43 Å². The van der Waals surface area contributed by atoms with Gasteiger partial charge in [0.2, 0.25) is 0 Å². The van der Waals surface area contributed by atoms with Gasteiger partial charge in [-0.05, 0) is 31.5 Å². The Labute approximate surface area is 107 Å². The number of likely N-dealkylation sites (N-methyl/N-ethyl adjacent to an activating group) is 1. The Hall–Kier alpha value is -1.00. The molecule has 1 aromatic rings. The molecule has 0 bridgehead atoms. The number of hydrogen-bond donors (Lipinski definition) is 1. The summed E-state index contributed by atoms with van der Waals surface area (Å²) >= 11 is 0. The van der Waals surface area contributed by atoms with Gasteiger partial charge in [0.1, 0.15) is 0 Å². The summed E-state index contributed by atoms with van der Waals surface area (Å²) in [5.41, 5.74) is 7.31. The van der Waals surface area contributed by atoms with Gasteiger partial charge in [0.05, 0.1) is 0 Å². The van der Waals surface area contributed by atoms with E-state index in [0.717, 1.165) is 31.5 Å². The lowest BCUT2D eigenvalue weighted by molar-refractivity contribution is 0.135. The van der Waals surface area contributed by atoms with E-state index in [0.29, 0.717) is 0 Å². The van der Waals surface area contributed by atoms with Gasteiger partial charge in [0.25, 0.3) is 6.43 Å². The highest BCUT2D eigenvalue weighted by molar-refractivity contribution is 5.27. The molecule has 0 saturated carbocycles. The summed E-state index contributed by atoms with van der Waals surface area (Å²) in [6.45, 7) is 4.08. The highest BCUT2D eigenvalue weighted by Gasteiger charge is 2.29. The van der Waals surface area contributed by atoms with Crippen LogP contribution in [0, 0.1) is 0 Å². The monoisotopic (exact) mass is 254 g/mol. The average Bonchev–Trinajstić information content (AvgIpc) is 2.38. The first-order valence-corrected chi connectivity index (χ1v) is 6.51. The van der Waals surface area contributed by atoms with Crippen molar-refractivity contribution in [2.75, 3.05) is 13.1 Å².